The molecule has 2 aromatic carbocycles. The highest BCUT2D eigenvalue weighted by atomic mass is 16.7. The van der Waals surface area contributed by atoms with Crippen LogP contribution in [-0.2, 0) is 57.1 Å². The number of Topliss-reactive ketones (excluding diaryl/α,β-unsaturated/α-hetero) is 1. The van der Waals surface area contributed by atoms with E-state index in [-0.39, 0.29) is 25.4 Å². The first-order valence-corrected chi connectivity index (χ1v) is 16.7. The minimum atomic E-state index is -1.56. The molecule has 1 fully saturated rings. The van der Waals surface area contributed by atoms with Crippen molar-refractivity contribution in [2.45, 2.75) is 89.1 Å². The van der Waals surface area contributed by atoms with Crippen LogP contribution in [0.4, 0.5) is 4.79 Å². The van der Waals surface area contributed by atoms with Crippen LogP contribution in [0.1, 0.15) is 63.5 Å². The van der Waals surface area contributed by atoms with E-state index < -0.39 is 98.6 Å². The molecule has 15 heteroatoms. The molecule has 15 nitrogen and oxygen atoms in total. The Morgan fingerprint density at radius 2 is 1.31 bits per heavy atom. The molecule has 1 saturated heterocycles. The highest BCUT2D eigenvalue weighted by Crippen LogP contribution is 2.44. The molecule has 2 aliphatic rings. The third kappa shape index (κ3) is 10.1. The molecule has 1 heterocycles. The van der Waals surface area contributed by atoms with Crippen molar-refractivity contribution >= 4 is 35.8 Å². The van der Waals surface area contributed by atoms with E-state index in [9.17, 15) is 33.9 Å². The fraction of sp³-hybridized carbons (Fsp3) is 0.500. The van der Waals surface area contributed by atoms with Crippen LogP contribution < -0.4 is 5.32 Å². The summed E-state index contributed by atoms with van der Waals surface area (Å²) in [5.41, 5.74) is 4.17. The summed E-state index contributed by atoms with van der Waals surface area (Å²) in [6.45, 7) is 3.34. The number of methoxy groups -OCH3 is 1. The molecule has 1 aliphatic heterocycles. The van der Waals surface area contributed by atoms with Crippen LogP contribution in [0.5, 0.6) is 0 Å². The minimum Gasteiger partial charge on any atom is -0.463 e. The van der Waals surface area contributed by atoms with Crippen LogP contribution in [-0.4, -0.2) is 105 Å². The predicted octanol–water partition coefficient (Wildman–Crippen LogP) is 2.73. The van der Waals surface area contributed by atoms with Crippen molar-refractivity contribution in [3.63, 3.8) is 0 Å². The molecule has 2 unspecified atom stereocenters. The molecule has 0 radical (unpaired) electrons. The van der Waals surface area contributed by atoms with Gasteiger partial charge in [-0.2, -0.15) is 0 Å². The third-order valence-corrected chi connectivity index (χ3v) is 8.44. The molecule has 0 saturated carbocycles. The molecule has 0 aromatic heterocycles. The van der Waals surface area contributed by atoms with Gasteiger partial charge in [0, 0.05) is 25.9 Å². The van der Waals surface area contributed by atoms with E-state index in [0.29, 0.717) is 0 Å². The van der Waals surface area contributed by atoms with Crippen LogP contribution in [0.2, 0.25) is 0 Å². The molecule has 276 valence electrons. The van der Waals surface area contributed by atoms with Crippen LogP contribution in [0.25, 0.3) is 11.1 Å². The van der Waals surface area contributed by atoms with E-state index >= 15 is 0 Å². The standard InChI is InChI=1S/C36H43NO14/c1-5-28(39)50-33-32(43)27(49-35(45-4)34(33)51-29(40)6-2)19-47-31(42)16-15-30(41)46-18-26(20(3)38)37-36(44)48-17-25-23-13-9-7-11-21(23)22-12-8-10-14-24(22)25/h7-14,25-27,32-35,43H,5-6,15-19H2,1-4H3,(H,37,44)/t26-,27?,32+,33-,34?,35-/m0/s1. The maximum Gasteiger partial charge on any atom is 0.407 e. The largest absolute Gasteiger partial charge is 0.463 e. The normalized spacial score (nSPS) is 21.3. The van der Waals surface area contributed by atoms with E-state index in [1.165, 1.54) is 14.0 Å². The summed E-state index contributed by atoms with van der Waals surface area (Å²) in [4.78, 5) is 73.7. The smallest absolute Gasteiger partial charge is 0.407 e. The topological polar surface area (TPSA) is 199 Å². The number of rotatable bonds is 16. The van der Waals surface area contributed by atoms with E-state index in [2.05, 4.69) is 5.32 Å². The zero-order valence-electron chi connectivity index (χ0n) is 28.9. The Labute approximate surface area is 294 Å². The number of nitrogens with one attached hydrogen (secondary N) is 1. The van der Waals surface area contributed by atoms with Gasteiger partial charge in [0.15, 0.2) is 24.3 Å². The van der Waals surface area contributed by atoms with Gasteiger partial charge < -0.3 is 43.6 Å². The van der Waals surface area contributed by atoms with Gasteiger partial charge in [0.05, 0.1) is 12.8 Å². The third-order valence-electron chi connectivity index (χ3n) is 8.44. The Kier molecular flexibility index (Phi) is 14.0. The summed E-state index contributed by atoms with van der Waals surface area (Å²) in [6.07, 6.45) is -8.44. The SMILES string of the molecule is CCC(=O)OC1[C@@H](OC)OC(COC(=O)CCC(=O)OC[C@H](NC(=O)OCC2c3ccccc3-c3ccccc32)C(C)=O)[C@@H](O)[C@@H]1OC(=O)CC. The summed E-state index contributed by atoms with van der Waals surface area (Å²) >= 11 is 0. The minimum absolute atomic E-state index is 0.00540. The van der Waals surface area contributed by atoms with Crippen molar-refractivity contribution < 1.29 is 67.0 Å². The van der Waals surface area contributed by atoms with Gasteiger partial charge in [-0.25, -0.2) is 4.79 Å². The molecule has 2 aromatic rings. The Balaban J connectivity index is 1.22. The number of aliphatic hydroxyl groups excluding tert-OH is 1. The van der Waals surface area contributed by atoms with Crippen molar-refractivity contribution in [1.29, 1.82) is 0 Å². The lowest BCUT2D eigenvalue weighted by Crippen LogP contribution is -2.61. The molecule has 0 bridgehead atoms. The lowest BCUT2D eigenvalue weighted by atomic mass is 9.98. The highest BCUT2D eigenvalue weighted by molar-refractivity contribution is 5.86. The zero-order valence-corrected chi connectivity index (χ0v) is 28.9. The highest BCUT2D eigenvalue weighted by Gasteiger charge is 2.50. The molecule has 51 heavy (non-hydrogen) atoms. The number of hydrogen-bond acceptors (Lipinski definition) is 14. The quantitative estimate of drug-likeness (QED) is 0.190. The van der Waals surface area contributed by atoms with Crippen molar-refractivity contribution in [2.75, 3.05) is 26.9 Å². The Hall–Kier alpha value is -4.86. The molecule has 0 spiro atoms. The van der Waals surface area contributed by atoms with E-state index in [1.54, 1.807) is 13.8 Å². The first kappa shape index (κ1) is 38.9. The maximum absolute atomic E-state index is 12.7. The number of carbonyl (C=O) groups is 6. The van der Waals surface area contributed by atoms with Crippen molar-refractivity contribution in [3.8, 4) is 11.1 Å². The van der Waals surface area contributed by atoms with E-state index in [4.69, 9.17) is 33.2 Å². The molecule has 6 atom stereocenters. The zero-order chi connectivity index (χ0) is 37.1. The second-order valence-corrected chi connectivity index (χ2v) is 11.9. The fourth-order valence-corrected chi connectivity index (χ4v) is 5.69. The van der Waals surface area contributed by atoms with Gasteiger partial charge in [0.2, 0.25) is 0 Å². The number of carbonyl (C=O) groups excluding carboxylic acids is 6. The van der Waals surface area contributed by atoms with Gasteiger partial charge in [0.1, 0.15) is 38.1 Å². The number of benzene rings is 2. The second-order valence-electron chi connectivity index (χ2n) is 11.9. The summed E-state index contributed by atoms with van der Waals surface area (Å²) in [6, 6.07) is 14.5. The number of ketones is 1. The van der Waals surface area contributed by atoms with E-state index in [0.717, 1.165) is 22.3 Å². The number of hydrogen-bond donors (Lipinski definition) is 2. The van der Waals surface area contributed by atoms with Gasteiger partial charge >= 0.3 is 30.0 Å². The average molecular weight is 714 g/mol. The molecular weight excluding hydrogens is 670 g/mol. The number of alkyl carbamates (subject to hydrolysis) is 1. The Bertz CT molecular complexity index is 1530. The molecule has 1 aliphatic carbocycles. The Morgan fingerprint density at radius 3 is 1.86 bits per heavy atom. The Morgan fingerprint density at radius 1 is 0.765 bits per heavy atom. The molecular formula is C36H43NO14. The van der Waals surface area contributed by atoms with Crippen molar-refractivity contribution in [3.05, 3.63) is 59.7 Å². The second kappa shape index (κ2) is 18.4. The van der Waals surface area contributed by atoms with Gasteiger partial charge in [-0.05, 0) is 29.2 Å². The van der Waals surface area contributed by atoms with Gasteiger partial charge in [0.25, 0.3) is 0 Å². The number of aliphatic hydroxyl groups is 1. The maximum atomic E-state index is 12.7. The monoisotopic (exact) mass is 713 g/mol. The van der Waals surface area contributed by atoms with Crippen LogP contribution in [0.15, 0.2) is 48.5 Å². The van der Waals surface area contributed by atoms with E-state index in [1.807, 2.05) is 48.5 Å². The fourth-order valence-electron chi connectivity index (χ4n) is 5.69. The van der Waals surface area contributed by atoms with Gasteiger partial charge in [-0.3, -0.25) is 24.0 Å². The van der Waals surface area contributed by atoms with Crippen LogP contribution in [0, 0.1) is 0 Å². The average Bonchev–Trinajstić information content (AvgIpc) is 3.45. The number of fused-ring (bicyclic) bond motifs is 3. The van der Waals surface area contributed by atoms with Crippen molar-refractivity contribution in [1.82, 2.24) is 5.32 Å². The lowest BCUT2D eigenvalue weighted by molar-refractivity contribution is -0.301. The predicted molar refractivity (Wildman–Crippen MR) is 176 cm³/mol. The van der Waals surface area contributed by atoms with Gasteiger partial charge in [-0.15, -0.1) is 0 Å². The van der Waals surface area contributed by atoms with Gasteiger partial charge in [-0.1, -0.05) is 62.4 Å². The summed E-state index contributed by atoms with van der Waals surface area (Å²) in [5, 5.41) is 13.3. The molecule has 4 rings (SSSR count). The number of amides is 1. The summed E-state index contributed by atoms with van der Waals surface area (Å²) in [5.74, 6) is -3.68. The first-order valence-electron chi connectivity index (χ1n) is 16.7. The van der Waals surface area contributed by atoms with Crippen molar-refractivity contribution in [2.24, 2.45) is 0 Å². The summed E-state index contributed by atoms with van der Waals surface area (Å²) < 4.78 is 37.3. The van der Waals surface area contributed by atoms with Crippen LogP contribution in [0.3, 0.4) is 0 Å². The molecule has 1 amide bonds. The number of esters is 4. The molecule has 2 N–H and O–H groups in total. The summed E-state index contributed by atoms with van der Waals surface area (Å²) in [7, 11) is 1.26. The lowest BCUT2D eigenvalue weighted by Gasteiger charge is -2.42. The van der Waals surface area contributed by atoms with Crippen LogP contribution >= 0.6 is 0 Å². The number of ether oxygens (including phenoxy) is 7. The first-order chi connectivity index (χ1) is 24.5.